The second kappa shape index (κ2) is 8.52. The van der Waals surface area contributed by atoms with Crippen molar-refractivity contribution in [1.29, 1.82) is 0 Å². The van der Waals surface area contributed by atoms with E-state index in [0.29, 0.717) is 23.0 Å². The Kier molecular flexibility index (Phi) is 7.23. The number of carbonyl (C=O) groups is 3. The smallest absolute Gasteiger partial charge is 0.407 e. The fourth-order valence-electron chi connectivity index (χ4n) is 2.60. The second-order valence-corrected chi connectivity index (χ2v) is 7.45. The summed E-state index contributed by atoms with van der Waals surface area (Å²) in [5.41, 5.74) is 0.767. The van der Waals surface area contributed by atoms with Gasteiger partial charge < -0.3 is 14.8 Å². The normalized spacial score (nSPS) is 21.1. The first-order chi connectivity index (χ1) is 11.5. The molecule has 0 aliphatic heterocycles. The van der Waals surface area contributed by atoms with Crippen molar-refractivity contribution in [2.75, 3.05) is 13.2 Å². The molecule has 0 radical (unpaired) electrons. The molecule has 0 aromatic carbocycles. The molecule has 0 aromatic rings. The summed E-state index contributed by atoms with van der Waals surface area (Å²) < 4.78 is 10.8. The van der Waals surface area contributed by atoms with E-state index < -0.39 is 17.1 Å². The molecule has 2 unspecified atom stereocenters. The van der Waals surface area contributed by atoms with Crippen LogP contribution in [0, 0.1) is 5.92 Å². The zero-order valence-electron chi connectivity index (χ0n) is 15.6. The Morgan fingerprint density at radius 1 is 1.32 bits per heavy atom. The summed E-state index contributed by atoms with van der Waals surface area (Å²) in [4.78, 5) is 35.1. The third-order valence-electron chi connectivity index (χ3n) is 3.74. The van der Waals surface area contributed by atoms with Crippen molar-refractivity contribution in [2.45, 2.75) is 52.5 Å². The van der Waals surface area contributed by atoms with Crippen LogP contribution < -0.4 is 5.32 Å². The van der Waals surface area contributed by atoms with Crippen molar-refractivity contribution in [3.63, 3.8) is 0 Å². The first-order valence-electron chi connectivity index (χ1n) is 8.14. The van der Waals surface area contributed by atoms with Crippen molar-refractivity contribution < 1.29 is 23.9 Å². The number of rotatable bonds is 6. The van der Waals surface area contributed by atoms with Gasteiger partial charge in [0.1, 0.15) is 18.0 Å². The van der Waals surface area contributed by atoms with Gasteiger partial charge in [-0.25, -0.2) is 4.79 Å². The summed E-state index contributed by atoms with van der Waals surface area (Å²) in [6, 6.07) is 0. The van der Waals surface area contributed by atoms with Gasteiger partial charge in [0.2, 0.25) is 0 Å². The summed E-state index contributed by atoms with van der Waals surface area (Å²) >= 11 is 6.33. The van der Waals surface area contributed by atoms with Crippen LogP contribution in [0.25, 0.3) is 0 Å². The fourth-order valence-corrected chi connectivity index (χ4v) is 2.85. The standard InChI is InChI=1S/C18H26ClNO5/c1-10-13(9-21)16(14(12(3)22)11(2)15(10)19)24-8-7-20-17(23)25-18(4,5)6/h9,11,15H,7-8H2,1-6H3,(H,20,23). The van der Waals surface area contributed by atoms with E-state index in [1.165, 1.54) is 6.92 Å². The van der Waals surface area contributed by atoms with E-state index in [1.54, 1.807) is 27.7 Å². The molecule has 7 heteroatoms. The van der Waals surface area contributed by atoms with Gasteiger partial charge in [-0.15, -0.1) is 11.6 Å². The molecule has 25 heavy (non-hydrogen) atoms. The number of nitrogens with one attached hydrogen (secondary N) is 1. The first kappa shape index (κ1) is 21.2. The van der Waals surface area contributed by atoms with Gasteiger partial charge in [-0.2, -0.15) is 0 Å². The number of halogens is 1. The summed E-state index contributed by atoms with van der Waals surface area (Å²) in [5, 5.41) is 2.12. The molecule has 1 aliphatic rings. The Labute approximate surface area is 153 Å². The molecule has 0 saturated carbocycles. The van der Waals surface area contributed by atoms with Crippen molar-refractivity contribution in [1.82, 2.24) is 5.32 Å². The van der Waals surface area contributed by atoms with Crippen LogP contribution in [0.2, 0.25) is 0 Å². The number of alkyl carbamates (subject to hydrolysis) is 1. The Morgan fingerprint density at radius 3 is 2.40 bits per heavy atom. The largest absolute Gasteiger partial charge is 0.491 e. The van der Waals surface area contributed by atoms with E-state index in [-0.39, 0.29) is 30.6 Å². The number of carbonyl (C=O) groups excluding carboxylic acids is 3. The highest BCUT2D eigenvalue weighted by molar-refractivity contribution is 6.24. The average Bonchev–Trinajstić information content (AvgIpc) is 2.47. The number of aldehydes is 1. The highest BCUT2D eigenvalue weighted by Gasteiger charge is 2.35. The molecule has 140 valence electrons. The molecule has 0 heterocycles. The van der Waals surface area contributed by atoms with E-state index in [1.807, 2.05) is 6.92 Å². The highest BCUT2D eigenvalue weighted by atomic mass is 35.5. The first-order valence-corrected chi connectivity index (χ1v) is 8.58. The number of hydrogen-bond acceptors (Lipinski definition) is 5. The van der Waals surface area contributed by atoms with Gasteiger partial charge >= 0.3 is 6.09 Å². The number of ether oxygens (including phenoxy) is 2. The lowest BCUT2D eigenvalue weighted by molar-refractivity contribution is -0.114. The highest BCUT2D eigenvalue weighted by Crippen LogP contribution is 2.37. The number of allylic oxidation sites excluding steroid dienone is 3. The van der Waals surface area contributed by atoms with Crippen LogP contribution in [0.15, 0.2) is 22.5 Å². The number of Topliss-reactive ketones (excluding diaryl/α,β-unsaturated/α-hetero) is 1. The molecule has 0 aromatic heterocycles. The fraction of sp³-hybridized carbons (Fsp3) is 0.611. The van der Waals surface area contributed by atoms with E-state index in [9.17, 15) is 14.4 Å². The molecule has 1 N–H and O–H groups in total. The van der Waals surface area contributed by atoms with Gasteiger partial charge in [0.25, 0.3) is 0 Å². The van der Waals surface area contributed by atoms with Crippen molar-refractivity contribution >= 4 is 29.8 Å². The third kappa shape index (κ3) is 5.59. The summed E-state index contributed by atoms with van der Waals surface area (Å²) in [5.74, 6) is -0.216. The SMILES string of the molecule is CC(=O)C1=C(OCCNC(=O)OC(C)(C)C)C(C=O)=C(C)C(Cl)C1C. The predicted molar refractivity (Wildman–Crippen MR) is 95.5 cm³/mol. The number of hydrogen-bond donors (Lipinski definition) is 1. The van der Waals surface area contributed by atoms with Crippen LogP contribution in [0.5, 0.6) is 0 Å². The molecular formula is C18H26ClNO5. The minimum atomic E-state index is -0.589. The van der Waals surface area contributed by atoms with E-state index >= 15 is 0 Å². The van der Waals surface area contributed by atoms with Gasteiger partial charge in [-0.05, 0) is 40.2 Å². The van der Waals surface area contributed by atoms with Crippen LogP contribution in [0.3, 0.4) is 0 Å². The lowest BCUT2D eigenvalue weighted by Crippen LogP contribution is -2.34. The average molecular weight is 372 g/mol. The molecule has 1 aliphatic carbocycles. The molecule has 1 rings (SSSR count). The molecule has 0 fully saturated rings. The minimum absolute atomic E-state index is 0.0929. The van der Waals surface area contributed by atoms with Crippen LogP contribution in [-0.4, -0.2) is 42.3 Å². The molecule has 2 atom stereocenters. The predicted octanol–water partition coefficient (Wildman–Crippen LogP) is 3.14. The van der Waals surface area contributed by atoms with Crippen molar-refractivity contribution in [3.8, 4) is 0 Å². The molecule has 0 saturated heterocycles. The van der Waals surface area contributed by atoms with E-state index in [2.05, 4.69) is 5.32 Å². The molecule has 1 amide bonds. The van der Waals surface area contributed by atoms with Gasteiger partial charge in [0, 0.05) is 11.5 Å². The lowest BCUT2D eigenvalue weighted by atomic mass is 9.82. The molecule has 0 spiro atoms. The summed E-state index contributed by atoms with van der Waals surface area (Å²) in [6.45, 7) is 10.6. The van der Waals surface area contributed by atoms with Crippen molar-refractivity contribution in [2.24, 2.45) is 5.92 Å². The minimum Gasteiger partial charge on any atom is -0.491 e. The van der Waals surface area contributed by atoms with Gasteiger partial charge in [0.05, 0.1) is 17.5 Å². The third-order valence-corrected chi connectivity index (χ3v) is 4.44. The van der Waals surface area contributed by atoms with Crippen LogP contribution >= 0.6 is 11.6 Å². The summed E-state index contributed by atoms with van der Waals surface area (Å²) in [6.07, 6.45) is 0.0907. The van der Waals surface area contributed by atoms with Crippen molar-refractivity contribution in [3.05, 3.63) is 22.5 Å². The molecule has 6 nitrogen and oxygen atoms in total. The topological polar surface area (TPSA) is 81.7 Å². The monoisotopic (exact) mass is 371 g/mol. The maximum Gasteiger partial charge on any atom is 0.407 e. The van der Waals surface area contributed by atoms with E-state index in [0.717, 1.165) is 0 Å². The Morgan fingerprint density at radius 2 is 1.92 bits per heavy atom. The van der Waals surface area contributed by atoms with Crippen LogP contribution in [0.1, 0.15) is 41.5 Å². The quantitative estimate of drug-likeness (QED) is 0.440. The van der Waals surface area contributed by atoms with Gasteiger partial charge in [-0.1, -0.05) is 6.92 Å². The van der Waals surface area contributed by atoms with Gasteiger partial charge in [0.15, 0.2) is 12.1 Å². The summed E-state index contributed by atoms with van der Waals surface area (Å²) in [7, 11) is 0. The Balaban J connectivity index is 2.84. The van der Waals surface area contributed by atoms with Crippen LogP contribution in [-0.2, 0) is 19.1 Å². The maximum absolute atomic E-state index is 12.0. The zero-order chi connectivity index (χ0) is 19.4. The molecule has 0 bridgehead atoms. The number of amides is 1. The Bertz CT molecular complexity index is 615. The molecular weight excluding hydrogens is 346 g/mol. The maximum atomic E-state index is 12.0. The second-order valence-electron chi connectivity index (χ2n) is 6.98. The number of alkyl halides is 1. The Hall–Kier alpha value is -1.82. The lowest BCUT2D eigenvalue weighted by Gasteiger charge is -2.30. The van der Waals surface area contributed by atoms with Crippen LogP contribution in [0.4, 0.5) is 4.79 Å². The number of ketones is 1. The van der Waals surface area contributed by atoms with Gasteiger partial charge in [-0.3, -0.25) is 9.59 Å². The zero-order valence-corrected chi connectivity index (χ0v) is 16.3. The van der Waals surface area contributed by atoms with E-state index in [4.69, 9.17) is 21.1 Å².